The first-order chi connectivity index (χ1) is 14.9. The predicted octanol–water partition coefficient (Wildman–Crippen LogP) is 3.74. The second kappa shape index (κ2) is 8.51. The molecule has 3 aromatic rings. The Bertz CT molecular complexity index is 1220. The highest BCUT2D eigenvalue weighted by molar-refractivity contribution is 6.32. The van der Waals surface area contributed by atoms with E-state index >= 15 is 0 Å². The number of hydrogen-bond acceptors (Lipinski definition) is 6. The van der Waals surface area contributed by atoms with Gasteiger partial charge in [0.2, 0.25) is 0 Å². The summed E-state index contributed by atoms with van der Waals surface area (Å²) in [5, 5.41) is 1.07. The number of ether oxygens (including phenoxy) is 3. The highest BCUT2D eigenvalue weighted by Gasteiger charge is 2.23. The monoisotopic (exact) mass is 443 g/mol. The zero-order chi connectivity index (χ0) is 22.1. The van der Waals surface area contributed by atoms with Crippen LogP contribution in [0.25, 0.3) is 11.0 Å². The second-order valence-corrected chi connectivity index (χ2v) is 7.76. The molecule has 8 heteroatoms. The highest BCUT2D eigenvalue weighted by atomic mass is 35.5. The first kappa shape index (κ1) is 21.1. The van der Waals surface area contributed by atoms with E-state index in [4.69, 9.17) is 30.2 Å². The molecule has 162 valence electrons. The van der Waals surface area contributed by atoms with E-state index in [9.17, 15) is 9.59 Å². The molecule has 0 bridgehead atoms. The molecule has 0 radical (unpaired) electrons. The van der Waals surface area contributed by atoms with Crippen LogP contribution in [0.5, 0.6) is 17.2 Å². The van der Waals surface area contributed by atoms with Crippen molar-refractivity contribution in [2.24, 2.45) is 0 Å². The number of aryl methyl sites for hydroxylation is 1. The van der Waals surface area contributed by atoms with E-state index in [2.05, 4.69) is 0 Å². The van der Waals surface area contributed by atoms with E-state index in [0.29, 0.717) is 47.4 Å². The predicted molar refractivity (Wildman–Crippen MR) is 116 cm³/mol. The van der Waals surface area contributed by atoms with Crippen LogP contribution >= 0.6 is 11.6 Å². The number of amides is 1. The number of methoxy groups -OCH3 is 2. The van der Waals surface area contributed by atoms with Gasteiger partial charge in [-0.2, -0.15) is 0 Å². The van der Waals surface area contributed by atoms with Gasteiger partial charge in [-0.15, -0.1) is 0 Å². The molecule has 7 nitrogen and oxygen atoms in total. The normalized spacial score (nSPS) is 13.1. The number of fused-ring (bicyclic) bond motifs is 2. The summed E-state index contributed by atoms with van der Waals surface area (Å²) in [5.74, 6) is 1.44. The summed E-state index contributed by atoms with van der Waals surface area (Å²) in [6, 6.07) is 8.48. The lowest BCUT2D eigenvalue weighted by molar-refractivity contribution is -0.134. The second-order valence-electron chi connectivity index (χ2n) is 7.36. The van der Waals surface area contributed by atoms with Crippen molar-refractivity contribution in [2.75, 3.05) is 27.4 Å². The third-order valence-electron chi connectivity index (χ3n) is 5.43. The van der Waals surface area contributed by atoms with Gasteiger partial charge >= 0.3 is 5.63 Å². The number of carbonyl (C=O) groups excluding carboxylic acids is 1. The Morgan fingerprint density at radius 2 is 1.77 bits per heavy atom. The maximum absolute atomic E-state index is 12.8. The van der Waals surface area contributed by atoms with Crippen molar-refractivity contribution >= 4 is 28.5 Å². The Morgan fingerprint density at radius 3 is 2.48 bits per heavy atom. The molecule has 0 fully saturated rings. The minimum Gasteiger partial charge on any atom is -0.493 e. The largest absolute Gasteiger partial charge is 0.493 e. The van der Waals surface area contributed by atoms with Crippen LogP contribution < -0.4 is 19.8 Å². The molecule has 0 saturated heterocycles. The van der Waals surface area contributed by atoms with Crippen LogP contribution in [0.4, 0.5) is 0 Å². The van der Waals surface area contributed by atoms with Gasteiger partial charge in [0.25, 0.3) is 5.91 Å². The van der Waals surface area contributed by atoms with Gasteiger partial charge in [0.1, 0.15) is 11.3 Å². The Labute approximate surface area is 184 Å². The number of benzene rings is 2. The summed E-state index contributed by atoms with van der Waals surface area (Å²) in [6.07, 6.45) is 0.711. The van der Waals surface area contributed by atoms with Gasteiger partial charge in [0.05, 0.1) is 19.2 Å². The highest BCUT2D eigenvalue weighted by Crippen LogP contribution is 2.34. The number of carbonyl (C=O) groups is 1. The molecule has 0 saturated carbocycles. The summed E-state index contributed by atoms with van der Waals surface area (Å²) in [7, 11) is 3.19. The molecular formula is C23H22ClNO6. The summed E-state index contributed by atoms with van der Waals surface area (Å²) < 4.78 is 21.6. The Hall–Kier alpha value is -3.19. The fraction of sp³-hybridized carbons (Fsp3) is 0.304. The zero-order valence-corrected chi connectivity index (χ0v) is 18.2. The molecular weight excluding hydrogens is 422 g/mol. The molecule has 0 aliphatic carbocycles. The molecule has 0 atom stereocenters. The van der Waals surface area contributed by atoms with E-state index in [1.165, 1.54) is 6.07 Å². The standard InChI is InChI=1S/C23H22ClNO6/c1-13-6-23(27)31-18-10-19(17(24)9-16(13)18)30-12-22(26)25-5-4-14-7-20(28-2)21(29-3)8-15(14)11-25/h6-10H,4-5,11-12H2,1-3H3. The van der Waals surface area contributed by atoms with Crippen LogP contribution in [0, 0.1) is 6.92 Å². The van der Waals surface area contributed by atoms with E-state index in [1.807, 2.05) is 12.1 Å². The van der Waals surface area contributed by atoms with Crippen molar-refractivity contribution in [2.45, 2.75) is 19.9 Å². The van der Waals surface area contributed by atoms with Crippen LogP contribution in [-0.4, -0.2) is 38.2 Å². The Morgan fingerprint density at radius 1 is 1.06 bits per heavy atom. The molecule has 2 aromatic carbocycles. The maximum Gasteiger partial charge on any atom is 0.336 e. The van der Waals surface area contributed by atoms with E-state index in [1.54, 1.807) is 38.2 Å². The van der Waals surface area contributed by atoms with E-state index in [0.717, 1.165) is 22.1 Å². The van der Waals surface area contributed by atoms with E-state index in [-0.39, 0.29) is 12.5 Å². The summed E-state index contributed by atoms with van der Waals surface area (Å²) >= 11 is 6.32. The van der Waals surface area contributed by atoms with Crippen LogP contribution in [-0.2, 0) is 17.8 Å². The number of hydrogen-bond donors (Lipinski definition) is 0. The molecule has 0 N–H and O–H groups in total. The summed E-state index contributed by atoms with van der Waals surface area (Å²) in [6.45, 7) is 2.66. The lowest BCUT2D eigenvalue weighted by Gasteiger charge is -2.29. The third kappa shape index (κ3) is 4.18. The lowest BCUT2D eigenvalue weighted by atomic mass is 9.99. The molecule has 0 spiro atoms. The van der Waals surface area contributed by atoms with Gasteiger partial charge in [0.15, 0.2) is 18.1 Å². The number of nitrogens with zero attached hydrogens (tertiary/aromatic N) is 1. The third-order valence-corrected chi connectivity index (χ3v) is 5.72. The molecule has 31 heavy (non-hydrogen) atoms. The molecule has 1 aromatic heterocycles. The quantitative estimate of drug-likeness (QED) is 0.559. The van der Waals surface area contributed by atoms with Crippen molar-refractivity contribution in [3.63, 3.8) is 0 Å². The van der Waals surface area contributed by atoms with Crippen LogP contribution in [0.2, 0.25) is 5.02 Å². The molecule has 0 unspecified atom stereocenters. The fourth-order valence-corrected chi connectivity index (χ4v) is 3.98. The van der Waals surface area contributed by atoms with Crippen molar-refractivity contribution in [3.8, 4) is 17.2 Å². The fourth-order valence-electron chi connectivity index (χ4n) is 3.76. The summed E-state index contributed by atoms with van der Waals surface area (Å²) in [4.78, 5) is 26.1. The topological polar surface area (TPSA) is 78.2 Å². The van der Waals surface area contributed by atoms with Gasteiger partial charge in [0, 0.05) is 30.6 Å². The SMILES string of the molecule is COc1cc2c(cc1OC)CN(C(=O)COc1cc3oc(=O)cc(C)c3cc1Cl)CC2. The first-order valence-corrected chi connectivity index (χ1v) is 10.2. The summed E-state index contributed by atoms with van der Waals surface area (Å²) in [5.41, 5.74) is 2.82. The first-order valence-electron chi connectivity index (χ1n) is 9.78. The lowest BCUT2D eigenvalue weighted by Crippen LogP contribution is -2.38. The van der Waals surface area contributed by atoms with Gasteiger partial charge in [-0.05, 0) is 48.2 Å². The van der Waals surface area contributed by atoms with Crippen molar-refractivity contribution in [3.05, 3.63) is 62.5 Å². The molecule has 1 aliphatic rings. The number of rotatable bonds is 5. The molecule has 2 heterocycles. The van der Waals surface area contributed by atoms with Gasteiger partial charge in [-0.1, -0.05) is 11.6 Å². The zero-order valence-electron chi connectivity index (χ0n) is 17.5. The van der Waals surface area contributed by atoms with Gasteiger partial charge in [-0.3, -0.25) is 4.79 Å². The van der Waals surface area contributed by atoms with Crippen molar-refractivity contribution < 1.29 is 23.4 Å². The maximum atomic E-state index is 12.8. The molecule has 1 amide bonds. The minimum absolute atomic E-state index is 0.165. The van der Waals surface area contributed by atoms with Gasteiger partial charge < -0.3 is 23.5 Å². The van der Waals surface area contributed by atoms with Gasteiger partial charge in [-0.25, -0.2) is 4.79 Å². The minimum atomic E-state index is -0.451. The van der Waals surface area contributed by atoms with Crippen LogP contribution in [0.15, 0.2) is 39.5 Å². The average molecular weight is 444 g/mol. The Kier molecular flexibility index (Phi) is 5.78. The average Bonchev–Trinajstić information content (AvgIpc) is 2.76. The van der Waals surface area contributed by atoms with Crippen LogP contribution in [0.1, 0.15) is 16.7 Å². The van der Waals surface area contributed by atoms with Crippen LogP contribution in [0.3, 0.4) is 0 Å². The number of halogens is 1. The van der Waals surface area contributed by atoms with E-state index < -0.39 is 5.63 Å². The molecule has 1 aliphatic heterocycles. The van der Waals surface area contributed by atoms with Crippen molar-refractivity contribution in [1.29, 1.82) is 0 Å². The van der Waals surface area contributed by atoms with Crippen molar-refractivity contribution in [1.82, 2.24) is 4.90 Å². The smallest absolute Gasteiger partial charge is 0.336 e. The Balaban J connectivity index is 1.48. The molecule has 4 rings (SSSR count).